The van der Waals surface area contributed by atoms with Gasteiger partial charge in [0.25, 0.3) is 0 Å². The Labute approximate surface area is 165 Å². The molecule has 1 atom stereocenters. The van der Waals surface area contributed by atoms with Crippen LogP contribution in [0.4, 0.5) is 0 Å². The fraction of sp³-hybridized carbons (Fsp3) is 0.318. The highest BCUT2D eigenvalue weighted by Gasteiger charge is 2.40. The van der Waals surface area contributed by atoms with Crippen molar-refractivity contribution in [3.63, 3.8) is 0 Å². The Morgan fingerprint density at radius 1 is 1.00 bits per heavy atom. The predicted octanol–water partition coefficient (Wildman–Crippen LogP) is 2.58. The van der Waals surface area contributed by atoms with Gasteiger partial charge in [-0.2, -0.15) is 0 Å². The van der Waals surface area contributed by atoms with Crippen LogP contribution in [0.2, 0.25) is 0 Å². The van der Waals surface area contributed by atoms with Crippen LogP contribution in [-0.4, -0.2) is 40.9 Å². The molecule has 0 saturated carbocycles. The van der Waals surface area contributed by atoms with Crippen LogP contribution in [0.5, 0.6) is 0 Å². The topological polar surface area (TPSA) is 86.7 Å². The second-order valence-corrected chi connectivity index (χ2v) is 6.65. The number of carbonyl (C=O) groups is 3. The number of carboxylic acids is 1. The fourth-order valence-electron chi connectivity index (χ4n) is 3.12. The van der Waals surface area contributed by atoms with E-state index in [4.69, 9.17) is 0 Å². The minimum absolute atomic E-state index is 0.183. The van der Waals surface area contributed by atoms with Gasteiger partial charge in [0.1, 0.15) is 0 Å². The molecule has 2 aromatic carbocycles. The van der Waals surface area contributed by atoms with Gasteiger partial charge in [0.2, 0.25) is 11.8 Å². The van der Waals surface area contributed by atoms with Crippen molar-refractivity contribution in [3.8, 4) is 0 Å². The lowest BCUT2D eigenvalue weighted by molar-refractivity contribution is -0.149. The molecule has 2 amide bonds. The van der Waals surface area contributed by atoms with Crippen molar-refractivity contribution in [2.75, 3.05) is 13.1 Å². The van der Waals surface area contributed by atoms with Crippen LogP contribution in [0, 0.1) is 0 Å². The summed E-state index contributed by atoms with van der Waals surface area (Å²) in [4.78, 5) is 38.1. The van der Waals surface area contributed by atoms with Crippen LogP contribution in [0.25, 0.3) is 0 Å². The van der Waals surface area contributed by atoms with Crippen LogP contribution in [0.1, 0.15) is 31.4 Å². The number of carboxylic acid groups (broad SMARTS) is 1. The first-order chi connectivity index (χ1) is 13.4. The van der Waals surface area contributed by atoms with Crippen molar-refractivity contribution in [2.45, 2.75) is 32.2 Å². The number of amides is 2. The molecule has 2 rings (SSSR count). The summed E-state index contributed by atoms with van der Waals surface area (Å²) in [5, 5.41) is 12.5. The molecule has 0 aliphatic carbocycles. The summed E-state index contributed by atoms with van der Waals surface area (Å²) >= 11 is 0. The van der Waals surface area contributed by atoms with E-state index in [0.717, 1.165) is 5.56 Å². The summed E-state index contributed by atoms with van der Waals surface area (Å²) in [6, 6.07) is 18.3. The molecule has 2 aromatic rings. The molecule has 28 heavy (non-hydrogen) atoms. The molecular formula is C22H26N2O4. The van der Waals surface area contributed by atoms with Gasteiger partial charge in [0, 0.05) is 13.5 Å². The number of rotatable bonds is 9. The second kappa shape index (κ2) is 9.69. The maximum atomic E-state index is 12.7. The smallest absolute Gasteiger partial charge is 0.334 e. The largest absolute Gasteiger partial charge is 0.479 e. The third kappa shape index (κ3) is 5.19. The van der Waals surface area contributed by atoms with Crippen molar-refractivity contribution in [2.24, 2.45) is 0 Å². The number of aliphatic carboxylic acids is 1. The first-order valence-electron chi connectivity index (χ1n) is 9.28. The maximum Gasteiger partial charge on any atom is 0.334 e. The molecule has 6 heteroatoms. The van der Waals surface area contributed by atoms with Gasteiger partial charge in [-0.15, -0.1) is 0 Å². The zero-order valence-electron chi connectivity index (χ0n) is 16.2. The van der Waals surface area contributed by atoms with E-state index in [1.165, 1.54) is 11.8 Å². The van der Waals surface area contributed by atoms with Crippen molar-refractivity contribution in [1.82, 2.24) is 10.2 Å². The second-order valence-electron chi connectivity index (χ2n) is 6.65. The van der Waals surface area contributed by atoms with Crippen molar-refractivity contribution in [1.29, 1.82) is 0 Å². The Balaban J connectivity index is 2.11. The van der Waals surface area contributed by atoms with Crippen molar-refractivity contribution >= 4 is 17.8 Å². The molecule has 1 unspecified atom stereocenters. The number of nitrogens with zero attached hydrogens (tertiary/aromatic N) is 1. The number of hydrogen-bond donors (Lipinski definition) is 2. The van der Waals surface area contributed by atoms with Gasteiger partial charge in [-0.05, 0) is 24.0 Å². The average Bonchev–Trinajstić information content (AvgIpc) is 2.70. The Hall–Kier alpha value is -3.15. The van der Waals surface area contributed by atoms with Gasteiger partial charge in [-0.1, -0.05) is 67.6 Å². The van der Waals surface area contributed by atoms with Gasteiger partial charge < -0.3 is 15.3 Å². The molecule has 2 N–H and O–H groups in total. The molecule has 6 nitrogen and oxygen atoms in total. The van der Waals surface area contributed by atoms with E-state index >= 15 is 0 Å². The zero-order valence-corrected chi connectivity index (χ0v) is 16.2. The highest BCUT2D eigenvalue weighted by atomic mass is 16.4. The number of hydrogen-bond acceptors (Lipinski definition) is 3. The minimum Gasteiger partial charge on any atom is -0.479 e. The fourth-order valence-corrected chi connectivity index (χ4v) is 3.12. The Morgan fingerprint density at radius 2 is 1.57 bits per heavy atom. The van der Waals surface area contributed by atoms with Gasteiger partial charge in [0.05, 0.1) is 6.54 Å². The lowest BCUT2D eigenvalue weighted by Gasteiger charge is -2.31. The van der Waals surface area contributed by atoms with Crippen LogP contribution in [-0.2, 0) is 26.3 Å². The Morgan fingerprint density at radius 3 is 2.07 bits per heavy atom. The molecule has 148 valence electrons. The zero-order chi connectivity index (χ0) is 20.6. The van der Waals surface area contributed by atoms with Gasteiger partial charge in [-0.25, -0.2) is 4.79 Å². The van der Waals surface area contributed by atoms with E-state index < -0.39 is 17.4 Å². The Kier molecular flexibility index (Phi) is 7.32. The highest BCUT2D eigenvalue weighted by Crippen LogP contribution is 2.25. The normalized spacial score (nSPS) is 12.6. The third-order valence-electron chi connectivity index (χ3n) is 4.81. The van der Waals surface area contributed by atoms with Crippen LogP contribution in [0.15, 0.2) is 60.7 Å². The van der Waals surface area contributed by atoms with Crippen LogP contribution < -0.4 is 5.32 Å². The summed E-state index contributed by atoms with van der Waals surface area (Å²) < 4.78 is 0. The van der Waals surface area contributed by atoms with Gasteiger partial charge in [0.15, 0.2) is 5.54 Å². The average molecular weight is 382 g/mol. The van der Waals surface area contributed by atoms with Gasteiger partial charge >= 0.3 is 5.97 Å². The van der Waals surface area contributed by atoms with E-state index in [1.54, 1.807) is 37.3 Å². The SMILES string of the molecule is CCC(NC(=O)CN(CCc1ccccc1)C(C)=O)(C(=O)O)c1ccccc1. The molecular weight excluding hydrogens is 356 g/mol. The first kappa shape index (κ1) is 21.2. The lowest BCUT2D eigenvalue weighted by atomic mass is 9.87. The predicted molar refractivity (Wildman–Crippen MR) is 107 cm³/mol. The molecule has 0 aliphatic heterocycles. The monoisotopic (exact) mass is 382 g/mol. The summed E-state index contributed by atoms with van der Waals surface area (Å²) in [6.45, 7) is 3.30. The molecule has 0 heterocycles. The van der Waals surface area contributed by atoms with Gasteiger partial charge in [-0.3, -0.25) is 9.59 Å². The Bertz CT molecular complexity index is 808. The van der Waals surface area contributed by atoms with Crippen LogP contribution >= 0.6 is 0 Å². The molecule has 0 aliphatic rings. The molecule has 0 fully saturated rings. The lowest BCUT2D eigenvalue weighted by Crippen LogP contribution is -2.54. The number of carbonyl (C=O) groups excluding carboxylic acids is 2. The van der Waals surface area contributed by atoms with E-state index in [1.807, 2.05) is 30.3 Å². The summed E-state index contributed by atoms with van der Waals surface area (Å²) in [7, 11) is 0. The number of benzene rings is 2. The van der Waals surface area contributed by atoms with E-state index in [-0.39, 0.29) is 18.9 Å². The van der Waals surface area contributed by atoms with Crippen LogP contribution in [0.3, 0.4) is 0 Å². The molecule has 0 bridgehead atoms. The molecule has 0 aromatic heterocycles. The van der Waals surface area contributed by atoms with E-state index in [2.05, 4.69) is 5.32 Å². The molecule has 0 radical (unpaired) electrons. The molecule has 0 saturated heterocycles. The summed E-state index contributed by atoms with van der Waals surface area (Å²) in [5.74, 6) is -1.87. The maximum absolute atomic E-state index is 12.7. The highest BCUT2D eigenvalue weighted by molar-refractivity contribution is 5.90. The number of nitrogens with one attached hydrogen (secondary N) is 1. The molecule has 0 spiro atoms. The minimum atomic E-state index is -1.53. The summed E-state index contributed by atoms with van der Waals surface area (Å²) in [5.41, 5.74) is 0.0316. The van der Waals surface area contributed by atoms with E-state index in [9.17, 15) is 19.5 Å². The van der Waals surface area contributed by atoms with Crippen molar-refractivity contribution < 1.29 is 19.5 Å². The summed E-state index contributed by atoms with van der Waals surface area (Å²) in [6.07, 6.45) is 0.798. The standard InChI is InChI=1S/C22H26N2O4/c1-3-22(21(27)28,19-12-8-5-9-13-19)23-20(26)16-24(17(2)25)15-14-18-10-6-4-7-11-18/h4-13H,3,14-16H2,1-2H3,(H,23,26)(H,27,28). The third-order valence-corrected chi connectivity index (χ3v) is 4.81. The quantitative estimate of drug-likeness (QED) is 0.698. The van der Waals surface area contributed by atoms with Crippen molar-refractivity contribution in [3.05, 3.63) is 71.8 Å². The first-order valence-corrected chi connectivity index (χ1v) is 9.28. The van der Waals surface area contributed by atoms with E-state index in [0.29, 0.717) is 18.5 Å².